The Morgan fingerprint density at radius 2 is 0.857 bits per heavy atom. The summed E-state index contributed by atoms with van der Waals surface area (Å²) in [6.07, 6.45) is 4.86. The maximum absolute atomic E-state index is 2.70. The van der Waals surface area contributed by atoms with E-state index < -0.39 is 0 Å². The van der Waals surface area contributed by atoms with Gasteiger partial charge in [0.1, 0.15) is 0 Å². The van der Waals surface area contributed by atoms with Gasteiger partial charge in [-0.05, 0) is 24.2 Å². The van der Waals surface area contributed by atoms with Crippen molar-refractivity contribution in [3.8, 4) is 0 Å². The first-order valence-electron chi connectivity index (χ1n) is 11.3. The predicted molar refractivity (Wildman–Crippen MR) is 127 cm³/mol. The smallest absolute Gasteiger partial charge is 0.222 e. The van der Waals surface area contributed by atoms with Crippen molar-refractivity contribution < 1.29 is 0 Å². The van der Waals surface area contributed by atoms with E-state index in [2.05, 4.69) is 98.0 Å². The van der Waals surface area contributed by atoms with Crippen molar-refractivity contribution in [3.63, 3.8) is 0 Å². The van der Waals surface area contributed by atoms with Crippen molar-refractivity contribution in [1.29, 1.82) is 0 Å². The van der Waals surface area contributed by atoms with Crippen molar-refractivity contribution in [2.24, 2.45) is 0 Å². The Bertz CT molecular complexity index is 570. The van der Waals surface area contributed by atoms with E-state index in [0.29, 0.717) is 13.7 Å². The Balaban J connectivity index is 2.10. The first-order chi connectivity index (χ1) is 13.7. The quantitative estimate of drug-likeness (QED) is 0.393. The molecule has 0 atom stereocenters. The molecule has 2 rings (SSSR count). The van der Waals surface area contributed by atoms with Crippen LogP contribution in [0.3, 0.4) is 0 Å². The van der Waals surface area contributed by atoms with Gasteiger partial charge in [-0.1, -0.05) is 114 Å². The molecule has 0 aliphatic heterocycles. The van der Waals surface area contributed by atoms with Gasteiger partial charge in [0.15, 0.2) is 0 Å². The second kappa shape index (κ2) is 12.9. The van der Waals surface area contributed by atoms with Crippen LogP contribution in [-0.4, -0.2) is 36.4 Å². The highest BCUT2D eigenvalue weighted by molar-refractivity contribution is 6.56. The Morgan fingerprint density at radius 3 is 1.14 bits per heavy atom. The highest BCUT2D eigenvalue weighted by Gasteiger charge is 2.23. The SMILES string of the molecule is CCB(CC)N(CCN(Cc1ccccc1)B(CC)CC)Cc1ccccc1. The number of hydrogen-bond acceptors (Lipinski definition) is 2. The van der Waals surface area contributed by atoms with Crippen LogP contribution in [0.1, 0.15) is 38.8 Å². The van der Waals surface area contributed by atoms with Crippen molar-refractivity contribution in [3.05, 3.63) is 71.8 Å². The van der Waals surface area contributed by atoms with E-state index in [1.165, 1.54) is 36.4 Å². The van der Waals surface area contributed by atoms with Crippen LogP contribution in [0.4, 0.5) is 0 Å². The molecule has 4 heteroatoms. The third kappa shape index (κ3) is 7.14. The summed E-state index contributed by atoms with van der Waals surface area (Å²) in [5.41, 5.74) is 2.85. The molecule has 0 radical (unpaired) electrons. The van der Waals surface area contributed by atoms with Gasteiger partial charge < -0.3 is 9.62 Å². The van der Waals surface area contributed by atoms with Gasteiger partial charge in [-0.25, -0.2) is 0 Å². The maximum Gasteiger partial charge on any atom is 0.222 e. The summed E-state index contributed by atoms with van der Waals surface area (Å²) in [6.45, 7) is 15.0. The first-order valence-corrected chi connectivity index (χ1v) is 11.3. The second-order valence-corrected chi connectivity index (χ2v) is 7.85. The molecule has 2 nitrogen and oxygen atoms in total. The average Bonchev–Trinajstić information content (AvgIpc) is 2.74. The van der Waals surface area contributed by atoms with Crippen LogP contribution in [0.15, 0.2) is 60.7 Å². The van der Waals surface area contributed by atoms with E-state index in [1.807, 2.05) is 0 Å². The highest BCUT2D eigenvalue weighted by Crippen LogP contribution is 2.15. The van der Waals surface area contributed by atoms with Crippen LogP contribution < -0.4 is 0 Å². The minimum atomic E-state index is 0.653. The fraction of sp³-hybridized carbons (Fsp3) is 0.500. The first kappa shape index (κ1) is 22.8. The summed E-state index contributed by atoms with van der Waals surface area (Å²) >= 11 is 0. The minimum absolute atomic E-state index is 0.653. The number of benzene rings is 2. The maximum atomic E-state index is 2.70. The monoisotopic (exact) mass is 376 g/mol. The van der Waals surface area contributed by atoms with Crippen LogP contribution in [0.5, 0.6) is 0 Å². The molecule has 0 bridgehead atoms. The molecule has 0 unspecified atom stereocenters. The third-order valence-corrected chi connectivity index (χ3v) is 6.05. The van der Waals surface area contributed by atoms with E-state index in [1.54, 1.807) is 0 Å². The van der Waals surface area contributed by atoms with Crippen molar-refractivity contribution in [2.75, 3.05) is 13.1 Å². The summed E-state index contributed by atoms with van der Waals surface area (Å²) in [7, 11) is 0. The topological polar surface area (TPSA) is 6.48 Å². The fourth-order valence-corrected chi connectivity index (χ4v) is 4.28. The lowest BCUT2D eigenvalue weighted by molar-refractivity contribution is 0.340. The Morgan fingerprint density at radius 1 is 0.536 bits per heavy atom. The lowest BCUT2D eigenvalue weighted by Crippen LogP contribution is -2.46. The third-order valence-electron chi connectivity index (χ3n) is 6.05. The van der Waals surface area contributed by atoms with Crippen molar-refractivity contribution in [1.82, 2.24) is 9.62 Å². The van der Waals surface area contributed by atoms with Gasteiger partial charge in [0.25, 0.3) is 0 Å². The highest BCUT2D eigenvalue weighted by atomic mass is 15.1. The molecule has 28 heavy (non-hydrogen) atoms. The van der Waals surface area contributed by atoms with Gasteiger partial charge in [0.2, 0.25) is 13.7 Å². The van der Waals surface area contributed by atoms with Crippen molar-refractivity contribution >= 4 is 13.7 Å². The Hall–Kier alpha value is -1.51. The standard InChI is InChI=1S/C24H38B2N2/c1-5-25(6-2)27(21-23-15-11-9-12-16-23)19-20-28(26(7-3)8-4)22-24-17-13-10-14-18-24/h9-18H,5-8,19-22H2,1-4H3. The molecule has 0 fully saturated rings. The van der Waals surface area contributed by atoms with Crippen LogP contribution in [0.25, 0.3) is 0 Å². The van der Waals surface area contributed by atoms with Gasteiger partial charge >= 0.3 is 0 Å². The van der Waals surface area contributed by atoms with E-state index in [-0.39, 0.29) is 0 Å². The van der Waals surface area contributed by atoms with Crippen LogP contribution >= 0.6 is 0 Å². The molecule has 0 heterocycles. The van der Waals surface area contributed by atoms with E-state index in [4.69, 9.17) is 0 Å². The Kier molecular flexibility index (Phi) is 10.5. The van der Waals surface area contributed by atoms with E-state index in [0.717, 1.165) is 26.2 Å². The molecular weight excluding hydrogens is 338 g/mol. The lowest BCUT2D eigenvalue weighted by Gasteiger charge is -2.34. The molecule has 0 aliphatic carbocycles. The normalized spacial score (nSPS) is 11.2. The molecule has 0 saturated heterocycles. The molecule has 0 N–H and O–H groups in total. The summed E-state index contributed by atoms with van der Waals surface area (Å²) < 4.78 is 0. The zero-order valence-corrected chi connectivity index (χ0v) is 18.5. The molecular formula is C24H38B2N2. The minimum Gasteiger partial charge on any atom is -0.337 e. The summed E-state index contributed by atoms with van der Waals surface area (Å²) in [6, 6.07) is 21.9. The van der Waals surface area contributed by atoms with Gasteiger partial charge in [-0.2, -0.15) is 0 Å². The lowest BCUT2D eigenvalue weighted by atomic mass is 9.54. The average molecular weight is 376 g/mol. The summed E-state index contributed by atoms with van der Waals surface area (Å²) in [4.78, 5) is 5.41. The molecule has 2 aromatic carbocycles. The number of hydrogen-bond donors (Lipinski definition) is 0. The largest absolute Gasteiger partial charge is 0.337 e. The van der Waals surface area contributed by atoms with E-state index >= 15 is 0 Å². The predicted octanol–water partition coefficient (Wildman–Crippen LogP) is 6.05. The molecule has 0 aromatic heterocycles. The second-order valence-electron chi connectivity index (χ2n) is 7.85. The van der Waals surface area contributed by atoms with Crippen LogP contribution in [0.2, 0.25) is 25.3 Å². The van der Waals surface area contributed by atoms with Gasteiger partial charge in [0.05, 0.1) is 0 Å². The van der Waals surface area contributed by atoms with Crippen molar-refractivity contribution in [2.45, 2.75) is 66.1 Å². The van der Waals surface area contributed by atoms with Crippen LogP contribution in [0, 0.1) is 0 Å². The zero-order valence-electron chi connectivity index (χ0n) is 18.5. The Labute approximate surface area is 174 Å². The van der Waals surface area contributed by atoms with Gasteiger partial charge in [-0.15, -0.1) is 0 Å². The molecule has 0 spiro atoms. The fourth-order valence-electron chi connectivity index (χ4n) is 4.28. The molecule has 0 amide bonds. The van der Waals surface area contributed by atoms with Crippen LogP contribution in [-0.2, 0) is 13.1 Å². The molecule has 0 aliphatic rings. The number of nitrogens with zero attached hydrogens (tertiary/aromatic N) is 2. The molecule has 0 saturated carbocycles. The van der Waals surface area contributed by atoms with E-state index in [9.17, 15) is 0 Å². The summed E-state index contributed by atoms with van der Waals surface area (Å²) in [5, 5.41) is 0. The molecule has 2 aromatic rings. The number of rotatable bonds is 13. The van der Waals surface area contributed by atoms with Gasteiger partial charge in [-0.3, -0.25) is 0 Å². The van der Waals surface area contributed by atoms with Gasteiger partial charge in [0, 0.05) is 13.1 Å². The summed E-state index contributed by atoms with van der Waals surface area (Å²) in [5.74, 6) is 0. The zero-order chi connectivity index (χ0) is 20.2. The molecule has 150 valence electrons.